The molecule has 5 N–H and O–H groups in total. The summed E-state index contributed by atoms with van der Waals surface area (Å²) in [6.07, 6.45) is -2.44. The maximum Gasteiger partial charge on any atom is 0.344 e. The van der Waals surface area contributed by atoms with Crippen LogP contribution in [0.25, 0.3) is 44.8 Å². The second-order valence-electron chi connectivity index (χ2n) is 22.9. The first kappa shape index (κ1) is 69.3. The number of allylic oxidation sites excluding steroid dienone is 1. The molecule has 0 aliphatic rings. The molecule has 0 aliphatic carbocycles. The lowest BCUT2D eigenvalue weighted by Gasteiger charge is -2.19. The van der Waals surface area contributed by atoms with Crippen molar-refractivity contribution in [2.75, 3.05) is 37.1 Å². The number of aromatic nitrogens is 2. The summed E-state index contributed by atoms with van der Waals surface area (Å²) in [5.74, 6) is -7.46. The number of ether oxygens (including phenoxy) is 4. The van der Waals surface area contributed by atoms with E-state index in [0.29, 0.717) is 73.1 Å². The van der Waals surface area contributed by atoms with Crippen molar-refractivity contribution in [2.45, 2.75) is 96.9 Å². The molecule has 0 saturated heterocycles. The molecule has 0 saturated carbocycles. The van der Waals surface area contributed by atoms with Gasteiger partial charge in [0, 0.05) is 53.4 Å². The maximum atomic E-state index is 14.4. The van der Waals surface area contributed by atoms with E-state index in [1.165, 1.54) is 30.3 Å². The fourth-order valence-electron chi connectivity index (χ4n) is 11.0. The van der Waals surface area contributed by atoms with Crippen LogP contribution in [-0.2, 0) is 56.0 Å². The number of nitrogens with one attached hydrogen (secondary N) is 2. The summed E-state index contributed by atoms with van der Waals surface area (Å²) in [5.41, 5.74) is 8.61. The van der Waals surface area contributed by atoms with Gasteiger partial charge < -0.3 is 54.0 Å². The number of hydrogen-bond donors (Lipinski definition) is 5. The molecule has 0 radical (unpaired) electrons. The van der Waals surface area contributed by atoms with Crippen molar-refractivity contribution in [3.05, 3.63) is 228 Å². The molecule has 2 heterocycles. The fourth-order valence-corrected chi connectivity index (χ4v) is 11.0. The van der Waals surface area contributed by atoms with E-state index in [1.807, 2.05) is 122 Å². The Balaban J connectivity index is 0.782. The van der Waals surface area contributed by atoms with Crippen LogP contribution < -0.4 is 10.6 Å². The number of amides is 2. The van der Waals surface area contributed by atoms with Crippen molar-refractivity contribution < 1.29 is 76.6 Å². The molecule has 8 rings (SSSR count). The Morgan fingerprint density at radius 1 is 0.489 bits per heavy atom. The molecule has 18 nitrogen and oxygen atoms in total. The molecular formula is C74H74F2N4O14. The summed E-state index contributed by atoms with van der Waals surface area (Å²) >= 11 is 0. The summed E-state index contributed by atoms with van der Waals surface area (Å²) in [7, 11) is 0. The van der Waals surface area contributed by atoms with Gasteiger partial charge in [-0.2, -0.15) is 0 Å². The van der Waals surface area contributed by atoms with Crippen molar-refractivity contribution in [1.29, 1.82) is 0 Å². The highest BCUT2D eigenvalue weighted by Gasteiger charge is 2.33. The molecule has 2 aromatic heterocycles. The van der Waals surface area contributed by atoms with E-state index in [9.17, 15) is 57.7 Å². The van der Waals surface area contributed by atoms with Gasteiger partial charge in [-0.25, -0.2) is 18.4 Å². The molecule has 94 heavy (non-hydrogen) atoms. The van der Waals surface area contributed by atoms with Gasteiger partial charge in [0.2, 0.25) is 5.78 Å². The lowest BCUT2D eigenvalue weighted by molar-refractivity contribution is -0.163. The largest absolute Gasteiger partial charge is 0.512 e. The van der Waals surface area contributed by atoms with Crippen LogP contribution in [0.3, 0.4) is 0 Å². The number of esters is 4. The summed E-state index contributed by atoms with van der Waals surface area (Å²) in [6.45, 7) is 8.28. The van der Waals surface area contributed by atoms with Crippen LogP contribution in [0.4, 0.5) is 20.2 Å². The monoisotopic (exact) mass is 1280 g/mol. The highest BCUT2D eigenvalue weighted by Crippen LogP contribution is 2.45. The number of rotatable bonds is 31. The molecule has 2 atom stereocenters. The zero-order valence-corrected chi connectivity index (χ0v) is 52.5. The summed E-state index contributed by atoms with van der Waals surface area (Å²) in [4.78, 5) is 91.6. The molecule has 488 valence electrons. The number of para-hydroxylation sites is 2. The Bertz CT molecular complexity index is 4000. The average molecular weight is 1280 g/mol. The maximum absolute atomic E-state index is 14.4. The van der Waals surface area contributed by atoms with Crippen molar-refractivity contribution in [3.8, 4) is 44.8 Å². The number of aliphatic hydroxyl groups excluding tert-OH is 3. The standard InChI is InChI=1S/C74H74F2N4O14/c1-46(2)69-67(73(89)77-55-22-14-8-15-23-55)65(49-18-10-6-11-19-49)71(51-26-30-53(75)31-27-51)79(69)36-34-57(81)38-48(5)39-61(85)93-44-63(87)91-42-60(84)43-92-64(88)45-94-62(86)41-59(83)40-58(82)35-37-80-70(47(3)4)68(74(90)78-56-24-16-9-17-25-56)66(50-20-12-7-13-21-50)72(80)52-28-32-54(76)33-29-52/h6-33,35,46-47,57,59,81-83H,5,34,36-45H2,1-4H3,(H,77,89)(H,78,90)/b58-35+/t57-,59-/m1/s1. The van der Waals surface area contributed by atoms with E-state index in [0.717, 1.165) is 5.56 Å². The third kappa shape index (κ3) is 18.8. The van der Waals surface area contributed by atoms with Crippen LogP contribution in [0.5, 0.6) is 0 Å². The Hall–Kier alpha value is -10.6. The van der Waals surface area contributed by atoms with Crippen molar-refractivity contribution in [3.63, 3.8) is 0 Å². The normalized spacial score (nSPS) is 12.0. The number of carbonyl (C=O) groups is 7. The molecule has 6 aromatic carbocycles. The van der Waals surface area contributed by atoms with Gasteiger partial charge in [0.1, 0.15) is 11.6 Å². The number of hydrogen-bond acceptors (Lipinski definition) is 14. The van der Waals surface area contributed by atoms with Crippen molar-refractivity contribution >= 4 is 52.8 Å². The molecule has 0 aliphatic heterocycles. The second-order valence-corrected chi connectivity index (χ2v) is 22.9. The van der Waals surface area contributed by atoms with Crippen LogP contribution in [0.15, 0.2) is 194 Å². The third-order valence-electron chi connectivity index (χ3n) is 15.0. The van der Waals surface area contributed by atoms with Gasteiger partial charge in [-0.05, 0) is 126 Å². The molecule has 8 aromatic rings. The third-order valence-corrected chi connectivity index (χ3v) is 15.0. The van der Waals surface area contributed by atoms with Crippen molar-refractivity contribution in [1.82, 2.24) is 9.13 Å². The minimum Gasteiger partial charge on any atom is -0.512 e. The lowest BCUT2D eigenvalue weighted by Crippen LogP contribution is -2.25. The molecule has 0 spiro atoms. The SMILES string of the molecule is C=C(CC(=O)OCC(=O)OCC(=O)COC(=O)COC(=O)C[C@H](O)C/C(O)=C\Cn1c(-c2ccc(F)cc2)c(-c2ccccc2)c(C(=O)Nc2ccccc2)c1C(C)C)C[C@H](O)CCn1c(-c2ccc(F)cc2)c(-c2ccccc2)c(C(=O)Nc2ccccc2)c1C(C)C. The van der Waals surface area contributed by atoms with Gasteiger partial charge in [0.25, 0.3) is 11.8 Å². The number of aliphatic hydroxyl groups is 3. The Labute approximate surface area is 543 Å². The van der Waals surface area contributed by atoms with Crippen LogP contribution in [-0.4, -0.2) is 105 Å². The van der Waals surface area contributed by atoms with Gasteiger partial charge in [0.05, 0.1) is 53.3 Å². The van der Waals surface area contributed by atoms with Crippen LogP contribution in [0.1, 0.15) is 104 Å². The fraction of sp³-hybridized carbons (Fsp3) is 0.257. The number of anilines is 2. The quantitative estimate of drug-likeness (QED) is 0.0117. The van der Waals surface area contributed by atoms with E-state index >= 15 is 0 Å². The predicted octanol–water partition coefficient (Wildman–Crippen LogP) is 13.1. The van der Waals surface area contributed by atoms with Crippen molar-refractivity contribution in [2.24, 2.45) is 0 Å². The number of benzene rings is 6. The minimum atomic E-state index is -1.48. The Morgan fingerprint density at radius 2 is 0.894 bits per heavy atom. The first-order valence-electron chi connectivity index (χ1n) is 30.6. The molecule has 0 fully saturated rings. The van der Waals surface area contributed by atoms with E-state index < -0.39 is 98.7 Å². The van der Waals surface area contributed by atoms with Gasteiger partial charge in [0.15, 0.2) is 26.4 Å². The Kier molecular flexibility index (Phi) is 24.4. The van der Waals surface area contributed by atoms with E-state index in [-0.39, 0.29) is 61.4 Å². The molecule has 20 heteroatoms. The smallest absolute Gasteiger partial charge is 0.344 e. The van der Waals surface area contributed by atoms with Crippen LogP contribution >= 0.6 is 0 Å². The lowest BCUT2D eigenvalue weighted by atomic mass is 9.94. The minimum absolute atomic E-state index is 0.0226. The summed E-state index contributed by atoms with van der Waals surface area (Å²) in [6, 6.07) is 48.4. The van der Waals surface area contributed by atoms with Gasteiger partial charge in [-0.15, -0.1) is 0 Å². The van der Waals surface area contributed by atoms with Gasteiger partial charge in [-0.3, -0.25) is 24.0 Å². The van der Waals surface area contributed by atoms with Crippen LogP contribution in [0, 0.1) is 11.6 Å². The molecule has 0 bridgehead atoms. The number of nitrogens with zero attached hydrogens (tertiary/aromatic N) is 2. The second kappa shape index (κ2) is 33.1. The Morgan fingerprint density at radius 3 is 1.34 bits per heavy atom. The number of Topliss-reactive ketones (excluding diaryl/α,β-unsaturated/α-hetero) is 1. The zero-order chi connectivity index (χ0) is 67.4. The molecule has 2 amide bonds. The number of carbonyl (C=O) groups excluding carboxylic acids is 7. The van der Waals surface area contributed by atoms with E-state index in [1.54, 1.807) is 60.7 Å². The van der Waals surface area contributed by atoms with E-state index in [2.05, 4.69) is 17.2 Å². The number of ketones is 1. The topological polar surface area (TPSA) is 251 Å². The first-order valence-corrected chi connectivity index (χ1v) is 30.6. The van der Waals surface area contributed by atoms with Gasteiger partial charge >= 0.3 is 23.9 Å². The summed E-state index contributed by atoms with van der Waals surface area (Å²) in [5, 5.41) is 39.3. The van der Waals surface area contributed by atoms with E-state index in [4.69, 9.17) is 18.9 Å². The molecule has 0 unspecified atom stereocenters. The molecular weight excluding hydrogens is 1210 g/mol. The van der Waals surface area contributed by atoms with Gasteiger partial charge in [-0.1, -0.05) is 137 Å². The zero-order valence-electron chi connectivity index (χ0n) is 52.5. The number of halogens is 2. The highest BCUT2D eigenvalue weighted by molar-refractivity contribution is 6.13. The van der Waals surface area contributed by atoms with Crippen LogP contribution in [0.2, 0.25) is 0 Å². The first-order chi connectivity index (χ1) is 45.1. The summed E-state index contributed by atoms with van der Waals surface area (Å²) < 4.78 is 52.2. The predicted molar refractivity (Wildman–Crippen MR) is 351 cm³/mol. The average Bonchev–Trinajstić information content (AvgIpc) is 1.60. The highest BCUT2D eigenvalue weighted by atomic mass is 19.1.